The van der Waals surface area contributed by atoms with E-state index in [1.54, 1.807) is 0 Å². The normalized spacial score (nSPS) is 30.9. The molecule has 8 heteroatoms. The van der Waals surface area contributed by atoms with Gasteiger partial charge in [-0.15, -0.1) is 11.8 Å². The monoisotopic (exact) mass is 316 g/mol. The van der Waals surface area contributed by atoms with Crippen LogP contribution in [0.15, 0.2) is 9.93 Å². The van der Waals surface area contributed by atoms with Crippen molar-refractivity contribution in [1.82, 2.24) is 10.2 Å². The number of amides is 1. The molecule has 0 unspecified atom stereocenters. The molecule has 0 bridgehead atoms. The molecule has 3 atom stereocenters. The number of hydrogen-bond donors (Lipinski definition) is 3. The predicted molar refractivity (Wildman–Crippen MR) is 76.9 cm³/mol. The molecule has 3 aliphatic rings. The molecule has 3 aliphatic heterocycles. The zero-order valence-corrected chi connectivity index (χ0v) is 12.5. The second-order valence-corrected chi connectivity index (χ2v) is 7.75. The van der Waals surface area contributed by atoms with Crippen molar-refractivity contribution < 1.29 is 19.8 Å². The molecule has 0 spiro atoms. The van der Waals surface area contributed by atoms with Gasteiger partial charge in [0.15, 0.2) is 5.70 Å². The van der Waals surface area contributed by atoms with E-state index in [1.165, 1.54) is 28.4 Å². The first kappa shape index (κ1) is 14.2. The van der Waals surface area contributed by atoms with E-state index in [1.807, 2.05) is 6.92 Å². The molecule has 0 aliphatic carbocycles. The molecule has 2 fully saturated rings. The number of carbonyl (C=O) groups excluding carboxylic acids is 1. The van der Waals surface area contributed by atoms with E-state index in [9.17, 15) is 19.8 Å². The molecule has 110 valence electrons. The summed E-state index contributed by atoms with van der Waals surface area (Å²) in [6.07, 6.45) is -0.195. The van der Waals surface area contributed by atoms with Crippen molar-refractivity contribution in [2.75, 3.05) is 13.1 Å². The quantitative estimate of drug-likeness (QED) is 0.626. The van der Waals surface area contributed by atoms with Crippen molar-refractivity contribution in [2.24, 2.45) is 5.92 Å². The first-order valence-electron chi connectivity index (χ1n) is 6.57. The SMILES string of the molecule is CC[C@H](O)[C@@H]1C(=O)N2C(C(=O)O)=C(SC3CNC3)S[C@H]12. The van der Waals surface area contributed by atoms with E-state index in [0.717, 1.165) is 13.1 Å². The van der Waals surface area contributed by atoms with Crippen molar-refractivity contribution >= 4 is 35.4 Å². The van der Waals surface area contributed by atoms with E-state index < -0.39 is 18.0 Å². The first-order valence-corrected chi connectivity index (χ1v) is 8.33. The number of hydrogen-bond acceptors (Lipinski definition) is 6. The van der Waals surface area contributed by atoms with E-state index in [-0.39, 0.29) is 17.0 Å². The zero-order valence-electron chi connectivity index (χ0n) is 10.9. The molecular formula is C12H16N2O4S2. The van der Waals surface area contributed by atoms with Crippen molar-refractivity contribution in [3.8, 4) is 0 Å². The molecule has 2 saturated heterocycles. The summed E-state index contributed by atoms with van der Waals surface area (Å²) in [7, 11) is 0. The smallest absolute Gasteiger partial charge is 0.354 e. The van der Waals surface area contributed by atoms with Crippen LogP contribution in [0.4, 0.5) is 0 Å². The molecule has 3 N–H and O–H groups in total. The van der Waals surface area contributed by atoms with Gasteiger partial charge >= 0.3 is 5.97 Å². The lowest BCUT2D eigenvalue weighted by molar-refractivity contribution is -0.157. The van der Waals surface area contributed by atoms with Gasteiger partial charge in [-0.2, -0.15) is 0 Å². The maximum atomic E-state index is 12.1. The number of β-lactam (4-membered cyclic amide) rings is 1. The Labute approximate surface area is 125 Å². The van der Waals surface area contributed by atoms with Gasteiger partial charge in [-0.05, 0) is 6.42 Å². The summed E-state index contributed by atoms with van der Waals surface area (Å²) in [5.74, 6) is -1.80. The summed E-state index contributed by atoms with van der Waals surface area (Å²) in [5, 5.41) is 22.5. The highest BCUT2D eigenvalue weighted by Crippen LogP contribution is 2.54. The number of rotatable bonds is 5. The van der Waals surface area contributed by atoms with Crippen molar-refractivity contribution in [2.45, 2.75) is 30.1 Å². The number of carbonyl (C=O) groups is 2. The summed E-state index contributed by atoms with van der Waals surface area (Å²) in [4.78, 5) is 24.9. The van der Waals surface area contributed by atoms with Gasteiger partial charge in [-0.25, -0.2) is 4.79 Å². The molecule has 0 radical (unpaired) electrons. The Morgan fingerprint density at radius 3 is 2.80 bits per heavy atom. The number of nitrogens with zero attached hydrogens (tertiary/aromatic N) is 1. The maximum Gasteiger partial charge on any atom is 0.354 e. The fourth-order valence-corrected chi connectivity index (χ4v) is 5.70. The Morgan fingerprint density at radius 1 is 1.60 bits per heavy atom. The van der Waals surface area contributed by atoms with Crippen LogP contribution in [0.25, 0.3) is 0 Å². The third kappa shape index (κ3) is 2.05. The van der Waals surface area contributed by atoms with Crippen LogP contribution in [0, 0.1) is 5.92 Å². The Balaban J connectivity index is 1.80. The third-order valence-electron chi connectivity index (χ3n) is 3.80. The van der Waals surface area contributed by atoms with Crippen LogP contribution in [0.5, 0.6) is 0 Å². The number of aliphatic hydroxyl groups excluding tert-OH is 1. The minimum absolute atomic E-state index is 0.0986. The van der Waals surface area contributed by atoms with E-state index >= 15 is 0 Å². The maximum absolute atomic E-state index is 12.1. The van der Waals surface area contributed by atoms with Crippen LogP contribution in [-0.2, 0) is 9.59 Å². The zero-order chi connectivity index (χ0) is 14.4. The average molecular weight is 316 g/mol. The van der Waals surface area contributed by atoms with Gasteiger partial charge in [0, 0.05) is 18.3 Å². The lowest BCUT2D eigenvalue weighted by Crippen LogP contribution is -2.61. The number of aliphatic hydroxyl groups is 1. The van der Waals surface area contributed by atoms with Crippen molar-refractivity contribution in [3.63, 3.8) is 0 Å². The van der Waals surface area contributed by atoms with Gasteiger partial charge in [-0.1, -0.05) is 18.7 Å². The second-order valence-electron chi connectivity index (χ2n) is 5.06. The minimum Gasteiger partial charge on any atom is -0.477 e. The molecule has 0 aromatic rings. The fraction of sp³-hybridized carbons (Fsp3) is 0.667. The lowest BCUT2D eigenvalue weighted by Gasteiger charge is -2.44. The molecule has 6 nitrogen and oxygen atoms in total. The van der Waals surface area contributed by atoms with Gasteiger partial charge < -0.3 is 15.5 Å². The first-order chi connectivity index (χ1) is 9.54. The Kier molecular flexibility index (Phi) is 3.74. The molecule has 0 saturated carbocycles. The molecule has 3 heterocycles. The molecule has 0 aromatic heterocycles. The molecular weight excluding hydrogens is 300 g/mol. The summed E-state index contributed by atoms with van der Waals surface area (Å²) in [6.45, 7) is 3.55. The van der Waals surface area contributed by atoms with Crippen molar-refractivity contribution in [1.29, 1.82) is 0 Å². The summed E-state index contributed by atoms with van der Waals surface area (Å²) >= 11 is 2.93. The van der Waals surface area contributed by atoms with Crippen LogP contribution in [0.1, 0.15) is 13.3 Å². The number of aliphatic carboxylic acids is 1. The van der Waals surface area contributed by atoms with E-state index in [4.69, 9.17) is 0 Å². The van der Waals surface area contributed by atoms with Crippen molar-refractivity contribution in [3.05, 3.63) is 9.93 Å². The Hall–Kier alpha value is -0.700. The van der Waals surface area contributed by atoms with Gasteiger partial charge in [0.2, 0.25) is 5.91 Å². The number of carboxylic acids is 1. The highest BCUT2D eigenvalue weighted by atomic mass is 32.2. The molecule has 0 aromatic carbocycles. The topological polar surface area (TPSA) is 89.9 Å². The van der Waals surface area contributed by atoms with E-state index in [2.05, 4.69) is 5.32 Å². The van der Waals surface area contributed by atoms with Crippen LogP contribution in [0.3, 0.4) is 0 Å². The minimum atomic E-state index is -1.06. The van der Waals surface area contributed by atoms with Crippen LogP contribution < -0.4 is 5.32 Å². The second kappa shape index (κ2) is 5.25. The molecule has 20 heavy (non-hydrogen) atoms. The number of carboxylic acid groups (broad SMARTS) is 1. The average Bonchev–Trinajstić information content (AvgIpc) is 2.68. The highest BCUT2D eigenvalue weighted by molar-refractivity contribution is 8.23. The largest absolute Gasteiger partial charge is 0.477 e. The standard InChI is InChI=1S/C12H16N2O4S2/c1-2-6(15)7-9(16)14-8(11(17)18)12(20-10(7)14)19-5-3-13-4-5/h5-7,10,13,15H,2-4H2,1H3,(H,17,18)/t6-,7+,10+/m0/s1. The van der Waals surface area contributed by atoms with Gasteiger partial charge in [0.05, 0.1) is 16.3 Å². The van der Waals surface area contributed by atoms with Gasteiger partial charge in [0.25, 0.3) is 0 Å². The number of thioether (sulfide) groups is 2. The molecule has 1 amide bonds. The third-order valence-corrected chi connectivity index (χ3v) is 6.60. The van der Waals surface area contributed by atoms with E-state index in [0.29, 0.717) is 15.9 Å². The Bertz CT molecular complexity index is 492. The number of nitrogens with one attached hydrogen (secondary N) is 1. The van der Waals surface area contributed by atoms with Crippen LogP contribution in [0.2, 0.25) is 0 Å². The number of fused-ring (bicyclic) bond motifs is 1. The fourth-order valence-electron chi connectivity index (χ4n) is 2.49. The summed E-state index contributed by atoms with van der Waals surface area (Å²) < 4.78 is 0.702. The predicted octanol–water partition coefficient (Wildman–Crippen LogP) is 0.247. The Morgan fingerprint density at radius 2 is 2.30 bits per heavy atom. The highest BCUT2D eigenvalue weighted by Gasteiger charge is 2.58. The van der Waals surface area contributed by atoms with Gasteiger partial charge in [0.1, 0.15) is 5.37 Å². The summed E-state index contributed by atoms with van der Waals surface area (Å²) in [5.41, 5.74) is 0.0986. The summed E-state index contributed by atoms with van der Waals surface area (Å²) in [6, 6.07) is 0. The van der Waals surface area contributed by atoms with Gasteiger partial charge in [-0.3, -0.25) is 9.69 Å². The van der Waals surface area contributed by atoms with Crippen LogP contribution in [-0.4, -0.2) is 56.8 Å². The lowest BCUT2D eigenvalue weighted by atomic mass is 9.90. The molecule has 3 rings (SSSR count). The van der Waals surface area contributed by atoms with Crippen LogP contribution >= 0.6 is 23.5 Å².